The van der Waals surface area contributed by atoms with Crippen molar-refractivity contribution in [3.63, 3.8) is 0 Å². The van der Waals surface area contributed by atoms with Crippen LogP contribution in [0.2, 0.25) is 5.02 Å². The van der Waals surface area contributed by atoms with Crippen LogP contribution in [0, 0.1) is 6.92 Å². The molecule has 1 aromatic carbocycles. The van der Waals surface area contributed by atoms with Gasteiger partial charge in [-0.3, -0.25) is 9.36 Å². The van der Waals surface area contributed by atoms with Gasteiger partial charge in [0.25, 0.3) is 5.56 Å². The predicted octanol–water partition coefficient (Wildman–Crippen LogP) is 1.82. The minimum absolute atomic E-state index is 0.0866. The normalized spacial score (nSPS) is 15.7. The monoisotopic (exact) mass is 333 g/mol. The molecule has 1 N–H and O–H groups in total. The number of benzene rings is 1. The highest BCUT2D eigenvalue weighted by Crippen LogP contribution is 2.45. The molecule has 1 aliphatic carbocycles. The third kappa shape index (κ3) is 2.75. The zero-order valence-electron chi connectivity index (χ0n) is 13.5. The van der Waals surface area contributed by atoms with Gasteiger partial charge in [0.05, 0.1) is 5.56 Å². The van der Waals surface area contributed by atoms with E-state index >= 15 is 0 Å². The molecule has 23 heavy (non-hydrogen) atoms. The minimum Gasteiger partial charge on any atom is -0.303 e. The molecule has 0 unspecified atom stereocenters. The second-order valence-corrected chi connectivity index (χ2v) is 6.65. The molecule has 1 fully saturated rings. The van der Waals surface area contributed by atoms with Crippen LogP contribution >= 0.6 is 11.6 Å². The second-order valence-electron chi connectivity index (χ2n) is 6.21. The number of aromatic nitrogens is 2. The maximum Gasteiger partial charge on any atom is 0.330 e. The lowest BCUT2D eigenvalue weighted by Gasteiger charge is -2.19. The summed E-state index contributed by atoms with van der Waals surface area (Å²) in [5.74, 6) is 0. The van der Waals surface area contributed by atoms with Gasteiger partial charge >= 0.3 is 5.69 Å². The molecule has 5 nitrogen and oxygen atoms in total. The molecule has 0 bridgehead atoms. The molecule has 122 valence electrons. The van der Waals surface area contributed by atoms with E-state index in [-0.39, 0.29) is 16.8 Å². The van der Waals surface area contributed by atoms with Crippen LogP contribution in [0.3, 0.4) is 0 Å². The molecular weight excluding hydrogens is 314 g/mol. The minimum atomic E-state index is -0.296. The number of halogens is 1. The van der Waals surface area contributed by atoms with Crippen LogP contribution in [0.25, 0.3) is 0 Å². The Morgan fingerprint density at radius 2 is 1.74 bits per heavy atom. The van der Waals surface area contributed by atoms with Crippen molar-refractivity contribution in [1.29, 1.82) is 0 Å². The van der Waals surface area contributed by atoms with Crippen LogP contribution < -0.4 is 16.6 Å². The van der Waals surface area contributed by atoms with Gasteiger partial charge in [-0.05, 0) is 37.5 Å². The predicted molar refractivity (Wildman–Crippen MR) is 90.9 cm³/mol. The molecule has 0 amide bonds. The van der Waals surface area contributed by atoms with Crippen LogP contribution in [0.5, 0.6) is 0 Å². The van der Waals surface area contributed by atoms with Gasteiger partial charge in [0.1, 0.15) is 0 Å². The molecule has 1 saturated carbocycles. The van der Waals surface area contributed by atoms with Crippen molar-refractivity contribution in [2.24, 2.45) is 14.1 Å². The van der Waals surface area contributed by atoms with Crippen LogP contribution in [0.15, 0.2) is 33.9 Å². The van der Waals surface area contributed by atoms with Gasteiger partial charge in [-0.15, -0.1) is 0 Å². The summed E-state index contributed by atoms with van der Waals surface area (Å²) >= 11 is 5.95. The third-order valence-electron chi connectivity index (χ3n) is 4.83. The first-order chi connectivity index (χ1) is 10.9. The first-order valence-corrected chi connectivity index (χ1v) is 8.00. The lowest BCUT2D eigenvalue weighted by atomic mass is 10.0. The summed E-state index contributed by atoms with van der Waals surface area (Å²) in [7, 11) is 3.20. The number of nitrogens with one attached hydrogen (secondary N) is 1. The van der Waals surface area contributed by atoms with E-state index in [1.807, 2.05) is 31.2 Å². The molecule has 0 spiro atoms. The highest BCUT2D eigenvalue weighted by Gasteiger charge is 2.43. The van der Waals surface area contributed by atoms with Gasteiger partial charge in [-0.25, -0.2) is 4.79 Å². The molecular formula is C17H20ClN3O2. The Labute approximate surface area is 139 Å². The highest BCUT2D eigenvalue weighted by atomic mass is 35.5. The van der Waals surface area contributed by atoms with Gasteiger partial charge in [-0.1, -0.05) is 23.7 Å². The SMILES string of the molecule is Cc1c(CNC2(c3ccc(Cl)cc3)CC2)c(=O)n(C)c(=O)n1C. The smallest absolute Gasteiger partial charge is 0.303 e. The van der Waals surface area contributed by atoms with Gasteiger partial charge in [0, 0.05) is 36.9 Å². The summed E-state index contributed by atoms with van der Waals surface area (Å²) < 4.78 is 2.67. The van der Waals surface area contributed by atoms with Crippen LogP contribution in [0.4, 0.5) is 0 Å². The molecule has 3 rings (SSSR count). The molecule has 1 aliphatic rings. The molecule has 2 aromatic rings. The lowest BCUT2D eigenvalue weighted by Crippen LogP contribution is -2.42. The van der Waals surface area contributed by atoms with E-state index in [1.165, 1.54) is 17.2 Å². The van der Waals surface area contributed by atoms with Gasteiger partial charge in [0.2, 0.25) is 0 Å². The number of nitrogens with zero attached hydrogens (tertiary/aromatic N) is 2. The van der Waals surface area contributed by atoms with E-state index in [9.17, 15) is 9.59 Å². The molecule has 0 atom stereocenters. The topological polar surface area (TPSA) is 56.0 Å². The Kier molecular flexibility index (Phi) is 3.94. The van der Waals surface area contributed by atoms with Crippen molar-refractivity contribution in [1.82, 2.24) is 14.5 Å². The molecule has 0 aliphatic heterocycles. The van der Waals surface area contributed by atoms with Gasteiger partial charge in [0.15, 0.2) is 0 Å². The van der Waals surface area contributed by atoms with Gasteiger partial charge < -0.3 is 9.88 Å². The van der Waals surface area contributed by atoms with Crippen LogP contribution in [0.1, 0.15) is 29.7 Å². The maximum atomic E-state index is 12.4. The average molecular weight is 334 g/mol. The van der Waals surface area contributed by atoms with Crippen molar-refractivity contribution in [2.45, 2.75) is 31.8 Å². The summed E-state index contributed by atoms with van der Waals surface area (Å²) in [6.45, 7) is 2.25. The third-order valence-corrected chi connectivity index (χ3v) is 5.08. The van der Waals surface area contributed by atoms with Crippen molar-refractivity contribution in [2.75, 3.05) is 0 Å². The van der Waals surface area contributed by atoms with E-state index in [2.05, 4.69) is 5.32 Å². The van der Waals surface area contributed by atoms with Crippen molar-refractivity contribution >= 4 is 11.6 Å². The zero-order chi connectivity index (χ0) is 16.8. The van der Waals surface area contributed by atoms with Gasteiger partial charge in [-0.2, -0.15) is 0 Å². The van der Waals surface area contributed by atoms with E-state index in [0.29, 0.717) is 22.8 Å². The van der Waals surface area contributed by atoms with E-state index < -0.39 is 0 Å². The average Bonchev–Trinajstić information content (AvgIpc) is 3.33. The molecule has 1 aromatic heterocycles. The Bertz CT molecular complexity index is 861. The van der Waals surface area contributed by atoms with Crippen molar-refractivity contribution in [3.05, 3.63) is 66.9 Å². The van der Waals surface area contributed by atoms with Crippen molar-refractivity contribution < 1.29 is 0 Å². The lowest BCUT2D eigenvalue weighted by molar-refractivity contribution is 0.506. The summed E-state index contributed by atoms with van der Waals surface area (Å²) in [5, 5.41) is 4.22. The van der Waals surface area contributed by atoms with E-state index in [4.69, 9.17) is 11.6 Å². The first-order valence-electron chi connectivity index (χ1n) is 7.62. The molecule has 0 saturated heterocycles. The zero-order valence-corrected chi connectivity index (χ0v) is 14.3. The Morgan fingerprint density at radius 1 is 1.13 bits per heavy atom. The highest BCUT2D eigenvalue weighted by molar-refractivity contribution is 6.30. The standard InChI is InChI=1S/C17H20ClN3O2/c1-11-14(15(22)21(3)16(23)20(11)2)10-19-17(8-9-17)12-4-6-13(18)7-5-12/h4-7,19H,8-10H2,1-3H3. The van der Waals surface area contributed by atoms with Crippen LogP contribution in [-0.2, 0) is 26.2 Å². The summed E-state index contributed by atoms with van der Waals surface area (Å²) in [4.78, 5) is 24.3. The summed E-state index contributed by atoms with van der Waals surface area (Å²) in [5.41, 5.74) is 1.91. The Balaban J connectivity index is 1.89. The largest absolute Gasteiger partial charge is 0.330 e. The quantitative estimate of drug-likeness (QED) is 0.928. The Hall–Kier alpha value is -1.85. The molecule has 1 heterocycles. The summed E-state index contributed by atoms with van der Waals surface area (Å²) in [6, 6.07) is 7.81. The molecule has 6 heteroatoms. The van der Waals surface area contributed by atoms with E-state index in [1.54, 1.807) is 7.05 Å². The fourth-order valence-corrected chi connectivity index (χ4v) is 3.06. The summed E-state index contributed by atoms with van der Waals surface area (Å²) in [6.07, 6.45) is 2.06. The van der Waals surface area contributed by atoms with E-state index in [0.717, 1.165) is 17.4 Å². The molecule has 0 radical (unpaired) electrons. The van der Waals surface area contributed by atoms with Crippen molar-refractivity contribution in [3.8, 4) is 0 Å². The fourth-order valence-electron chi connectivity index (χ4n) is 2.94. The number of hydrogen-bond acceptors (Lipinski definition) is 3. The number of rotatable bonds is 4. The fraction of sp³-hybridized carbons (Fsp3) is 0.412. The Morgan fingerprint density at radius 3 is 2.30 bits per heavy atom. The first kappa shape index (κ1) is 16.0. The number of hydrogen-bond donors (Lipinski definition) is 1. The van der Waals surface area contributed by atoms with Crippen LogP contribution in [-0.4, -0.2) is 9.13 Å². The maximum absolute atomic E-state index is 12.4. The second kappa shape index (κ2) is 5.65.